The smallest absolute Gasteiger partial charge is 0.255 e. The highest BCUT2D eigenvalue weighted by Gasteiger charge is 2.13. The highest BCUT2D eigenvalue weighted by Crippen LogP contribution is 2.33. The number of aromatic nitrogens is 1. The van der Waals surface area contributed by atoms with Crippen molar-refractivity contribution >= 4 is 23.1 Å². The minimum Gasteiger partial charge on any atom is -0.486 e. The minimum absolute atomic E-state index is 0.184. The molecule has 1 aliphatic heterocycles. The Labute approximate surface area is 163 Å². The summed E-state index contributed by atoms with van der Waals surface area (Å²) in [5.74, 6) is 1.81. The third-order valence-electron chi connectivity index (χ3n) is 4.60. The third kappa shape index (κ3) is 3.91. The molecule has 6 nitrogen and oxygen atoms in total. The SMILES string of the molecule is Cc1ccc(NC(=O)c2ccnc(Nc3ccc4c(c3)OCCO4)c2)cc1C. The standard InChI is InChI=1S/C22H21N3O3/c1-14-3-4-17(11-15(14)2)25-22(26)16-7-8-23-21(12-16)24-18-5-6-19-20(13-18)28-10-9-27-19/h3-8,11-13H,9-10H2,1-2H3,(H,23,24)(H,25,26). The average molecular weight is 375 g/mol. The van der Waals surface area contributed by atoms with Crippen LogP contribution in [0.25, 0.3) is 0 Å². The Morgan fingerprint density at radius 3 is 2.50 bits per heavy atom. The predicted molar refractivity (Wildman–Crippen MR) is 109 cm³/mol. The Bertz CT molecular complexity index is 1030. The second kappa shape index (κ2) is 7.60. The van der Waals surface area contributed by atoms with Crippen molar-refractivity contribution in [3.63, 3.8) is 0 Å². The van der Waals surface area contributed by atoms with Gasteiger partial charge < -0.3 is 20.1 Å². The zero-order chi connectivity index (χ0) is 19.5. The first kappa shape index (κ1) is 17.9. The van der Waals surface area contributed by atoms with Crippen LogP contribution in [0, 0.1) is 13.8 Å². The summed E-state index contributed by atoms with van der Waals surface area (Å²) in [4.78, 5) is 16.9. The van der Waals surface area contributed by atoms with Crippen LogP contribution in [0.15, 0.2) is 54.7 Å². The molecule has 1 aliphatic rings. The summed E-state index contributed by atoms with van der Waals surface area (Å²) >= 11 is 0. The molecule has 142 valence electrons. The molecule has 2 aromatic carbocycles. The summed E-state index contributed by atoms with van der Waals surface area (Å²) in [5, 5.41) is 6.13. The Hall–Kier alpha value is -3.54. The molecule has 3 aromatic rings. The van der Waals surface area contributed by atoms with Crippen molar-refractivity contribution in [2.24, 2.45) is 0 Å². The van der Waals surface area contributed by atoms with Gasteiger partial charge >= 0.3 is 0 Å². The molecule has 0 fully saturated rings. The Kier molecular flexibility index (Phi) is 4.85. The van der Waals surface area contributed by atoms with Crippen molar-refractivity contribution in [2.75, 3.05) is 23.8 Å². The van der Waals surface area contributed by atoms with E-state index in [9.17, 15) is 4.79 Å². The maximum atomic E-state index is 12.6. The number of nitrogens with zero attached hydrogens (tertiary/aromatic N) is 1. The van der Waals surface area contributed by atoms with Crippen LogP contribution in [0.1, 0.15) is 21.5 Å². The molecule has 2 N–H and O–H groups in total. The second-order valence-corrected chi connectivity index (χ2v) is 6.67. The molecule has 0 unspecified atom stereocenters. The second-order valence-electron chi connectivity index (χ2n) is 6.67. The number of pyridine rings is 1. The van der Waals surface area contributed by atoms with Gasteiger partial charge in [0.15, 0.2) is 11.5 Å². The molecule has 0 spiro atoms. The minimum atomic E-state index is -0.184. The van der Waals surface area contributed by atoms with Crippen molar-refractivity contribution in [1.82, 2.24) is 4.98 Å². The Morgan fingerprint density at radius 1 is 0.893 bits per heavy atom. The first-order valence-electron chi connectivity index (χ1n) is 9.10. The topological polar surface area (TPSA) is 72.5 Å². The number of carbonyl (C=O) groups is 1. The van der Waals surface area contributed by atoms with E-state index in [0.717, 1.165) is 22.7 Å². The van der Waals surface area contributed by atoms with Crippen LogP contribution in [0.3, 0.4) is 0 Å². The monoisotopic (exact) mass is 375 g/mol. The number of aryl methyl sites for hydroxylation is 2. The average Bonchev–Trinajstić information content (AvgIpc) is 2.71. The van der Waals surface area contributed by atoms with Crippen molar-refractivity contribution in [1.29, 1.82) is 0 Å². The van der Waals surface area contributed by atoms with Crippen LogP contribution in [-0.4, -0.2) is 24.1 Å². The molecule has 0 aliphatic carbocycles. The molecule has 28 heavy (non-hydrogen) atoms. The summed E-state index contributed by atoms with van der Waals surface area (Å²) in [6.45, 7) is 5.15. The van der Waals surface area contributed by atoms with Gasteiger partial charge in [-0.05, 0) is 61.4 Å². The lowest BCUT2D eigenvalue weighted by atomic mass is 10.1. The Balaban J connectivity index is 1.49. The lowest BCUT2D eigenvalue weighted by Gasteiger charge is -2.19. The van der Waals surface area contributed by atoms with E-state index in [2.05, 4.69) is 15.6 Å². The van der Waals surface area contributed by atoms with Gasteiger partial charge in [-0.15, -0.1) is 0 Å². The molecule has 1 amide bonds. The van der Waals surface area contributed by atoms with Gasteiger partial charge in [0.1, 0.15) is 19.0 Å². The molecule has 0 radical (unpaired) electrons. The Morgan fingerprint density at radius 2 is 1.68 bits per heavy atom. The van der Waals surface area contributed by atoms with Gasteiger partial charge in [-0.3, -0.25) is 4.79 Å². The normalized spacial score (nSPS) is 12.4. The van der Waals surface area contributed by atoms with Gasteiger partial charge in [-0.25, -0.2) is 4.98 Å². The van der Waals surface area contributed by atoms with Crippen molar-refractivity contribution in [2.45, 2.75) is 13.8 Å². The molecule has 2 heterocycles. The number of benzene rings is 2. The maximum absolute atomic E-state index is 12.6. The highest BCUT2D eigenvalue weighted by molar-refractivity contribution is 6.04. The van der Waals surface area contributed by atoms with Gasteiger partial charge in [0.25, 0.3) is 5.91 Å². The van der Waals surface area contributed by atoms with Gasteiger partial charge in [-0.2, -0.15) is 0 Å². The zero-order valence-electron chi connectivity index (χ0n) is 15.8. The molecule has 1 aromatic heterocycles. The fourth-order valence-electron chi connectivity index (χ4n) is 2.93. The zero-order valence-corrected chi connectivity index (χ0v) is 15.8. The number of hydrogen-bond acceptors (Lipinski definition) is 5. The van der Waals surface area contributed by atoms with Crippen LogP contribution in [0.2, 0.25) is 0 Å². The number of hydrogen-bond donors (Lipinski definition) is 2. The maximum Gasteiger partial charge on any atom is 0.255 e. The molecule has 0 saturated carbocycles. The number of carbonyl (C=O) groups excluding carboxylic acids is 1. The number of nitrogens with one attached hydrogen (secondary N) is 2. The summed E-state index contributed by atoms with van der Waals surface area (Å²) < 4.78 is 11.1. The molecule has 0 bridgehead atoms. The molecule has 0 saturated heterocycles. The molecular formula is C22H21N3O3. The first-order chi connectivity index (χ1) is 13.6. The van der Waals surface area contributed by atoms with E-state index in [4.69, 9.17) is 9.47 Å². The number of anilines is 3. The third-order valence-corrected chi connectivity index (χ3v) is 4.60. The van der Waals surface area contributed by atoms with Crippen LogP contribution < -0.4 is 20.1 Å². The van der Waals surface area contributed by atoms with Crippen LogP contribution in [0.5, 0.6) is 11.5 Å². The highest BCUT2D eigenvalue weighted by atomic mass is 16.6. The van der Waals surface area contributed by atoms with Crippen molar-refractivity contribution in [3.8, 4) is 11.5 Å². The van der Waals surface area contributed by atoms with Gasteiger partial charge in [0, 0.05) is 29.2 Å². The quantitative estimate of drug-likeness (QED) is 0.704. The largest absolute Gasteiger partial charge is 0.486 e. The molecular weight excluding hydrogens is 354 g/mol. The molecule has 6 heteroatoms. The van der Waals surface area contributed by atoms with Crippen LogP contribution >= 0.6 is 0 Å². The summed E-state index contributed by atoms with van der Waals surface area (Å²) in [5.41, 5.74) is 4.42. The first-order valence-corrected chi connectivity index (χ1v) is 9.10. The van der Waals surface area contributed by atoms with Crippen LogP contribution in [-0.2, 0) is 0 Å². The van der Waals surface area contributed by atoms with Gasteiger partial charge in [0.2, 0.25) is 0 Å². The van der Waals surface area contributed by atoms with Crippen molar-refractivity contribution in [3.05, 3.63) is 71.4 Å². The van der Waals surface area contributed by atoms with E-state index in [1.807, 2.05) is 50.2 Å². The van der Waals surface area contributed by atoms with E-state index in [1.54, 1.807) is 18.3 Å². The molecule has 0 atom stereocenters. The van der Waals surface area contributed by atoms with E-state index < -0.39 is 0 Å². The van der Waals surface area contributed by atoms with E-state index in [-0.39, 0.29) is 5.91 Å². The van der Waals surface area contributed by atoms with E-state index in [0.29, 0.717) is 30.3 Å². The summed E-state index contributed by atoms with van der Waals surface area (Å²) in [6, 6.07) is 14.9. The number of ether oxygens (including phenoxy) is 2. The fourth-order valence-corrected chi connectivity index (χ4v) is 2.93. The van der Waals surface area contributed by atoms with Crippen LogP contribution in [0.4, 0.5) is 17.2 Å². The van der Waals surface area contributed by atoms with Crippen molar-refractivity contribution < 1.29 is 14.3 Å². The summed E-state index contributed by atoms with van der Waals surface area (Å²) in [7, 11) is 0. The predicted octanol–water partition coefficient (Wildman–Crippen LogP) is 4.47. The number of fused-ring (bicyclic) bond motifs is 1. The number of amides is 1. The molecule has 4 rings (SSSR count). The summed E-state index contributed by atoms with van der Waals surface area (Å²) in [6.07, 6.45) is 1.61. The van der Waals surface area contributed by atoms with Gasteiger partial charge in [-0.1, -0.05) is 6.07 Å². The lowest BCUT2D eigenvalue weighted by Crippen LogP contribution is -2.15. The van der Waals surface area contributed by atoms with Gasteiger partial charge in [0.05, 0.1) is 0 Å². The van der Waals surface area contributed by atoms with E-state index >= 15 is 0 Å². The lowest BCUT2D eigenvalue weighted by molar-refractivity contribution is 0.102. The van der Waals surface area contributed by atoms with E-state index in [1.165, 1.54) is 5.56 Å². The number of rotatable bonds is 4. The fraction of sp³-hybridized carbons (Fsp3) is 0.182.